The van der Waals surface area contributed by atoms with Crippen LogP contribution < -0.4 is 15.2 Å². The van der Waals surface area contributed by atoms with Crippen molar-refractivity contribution in [2.45, 2.75) is 6.92 Å². The lowest BCUT2D eigenvalue weighted by Crippen LogP contribution is -2.09. The molecule has 0 aromatic heterocycles. The Hall–Kier alpha value is -1.68. The van der Waals surface area contributed by atoms with Crippen LogP contribution in [0.2, 0.25) is 0 Å². The Morgan fingerprint density at radius 2 is 1.68 bits per heavy atom. The Bertz CT molecular complexity index is 540. The first-order valence-corrected chi connectivity index (χ1v) is 6.82. The molecule has 2 N–H and O–H groups in total. The van der Waals surface area contributed by atoms with E-state index in [1.54, 1.807) is 0 Å². The second kappa shape index (κ2) is 6.48. The van der Waals surface area contributed by atoms with Gasteiger partial charge in [-0.05, 0) is 43.3 Å². The van der Waals surface area contributed by atoms with E-state index >= 15 is 0 Å². The van der Waals surface area contributed by atoms with Gasteiger partial charge < -0.3 is 15.2 Å². The van der Waals surface area contributed by atoms with E-state index in [0.29, 0.717) is 13.2 Å². The summed E-state index contributed by atoms with van der Waals surface area (Å²) in [6.45, 7) is 2.93. The molecule has 0 saturated heterocycles. The van der Waals surface area contributed by atoms with E-state index in [4.69, 9.17) is 15.2 Å². The predicted molar refractivity (Wildman–Crippen MR) is 80.7 cm³/mol. The molecule has 0 aliphatic carbocycles. The van der Waals surface area contributed by atoms with Crippen molar-refractivity contribution in [3.8, 4) is 11.5 Å². The van der Waals surface area contributed by atoms with Crippen molar-refractivity contribution < 1.29 is 9.47 Å². The zero-order valence-electron chi connectivity index (χ0n) is 10.7. The highest BCUT2D eigenvalue weighted by atomic mass is 79.9. The minimum absolute atomic E-state index is 0.486. The quantitative estimate of drug-likeness (QED) is 0.673. The summed E-state index contributed by atoms with van der Waals surface area (Å²) < 4.78 is 12.3. The van der Waals surface area contributed by atoms with Gasteiger partial charge in [-0.15, -0.1) is 0 Å². The third kappa shape index (κ3) is 3.89. The first kappa shape index (κ1) is 13.7. The van der Waals surface area contributed by atoms with Gasteiger partial charge in [-0.3, -0.25) is 0 Å². The molecule has 0 atom stereocenters. The van der Waals surface area contributed by atoms with Gasteiger partial charge in [0, 0.05) is 15.7 Å². The maximum absolute atomic E-state index is 5.81. The molecule has 0 unspecified atom stereocenters. The molecule has 3 nitrogen and oxygen atoms in total. The van der Waals surface area contributed by atoms with Gasteiger partial charge in [0.1, 0.15) is 24.7 Å². The van der Waals surface area contributed by atoms with Gasteiger partial charge in [-0.1, -0.05) is 22.0 Å². The van der Waals surface area contributed by atoms with E-state index in [9.17, 15) is 0 Å². The average Bonchev–Trinajstić information content (AvgIpc) is 2.41. The van der Waals surface area contributed by atoms with Crippen LogP contribution in [0.3, 0.4) is 0 Å². The van der Waals surface area contributed by atoms with Gasteiger partial charge in [-0.25, -0.2) is 0 Å². The fourth-order valence-electron chi connectivity index (χ4n) is 1.63. The number of nitrogens with two attached hydrogens (primary N) is 1. The van der Waals surface area contributed by atoms with Gasteiger partial charge in [0.25, 0.3) is 0 Å². The minimum Gasteiger partial charge on any atom is -0.490 e. The molecule has 0 saturated carbocycles. The summed E-state index contributed by atoms with van der Waals surface area (Å²) in [5.41, 5.74) is 7.52. The summed E-state index contributed by atoms with van der Waals surface area (Å²) in [6, 6.07) is 13.4. The summed E-state index contributed by atoms with van der Waals surface area (Å²) in [5.74, 6) is 1.63. The monoisotopic (exact) mass is 321 g/mol. The molecule has 0 bridgehead atoms. The van der Waals surface area contributed by atoms with E-state index in [1.165, 1.54) is 0 Å². The highest BCUT2D eigenvalue weighted by molar-refractivity contribution is 9.10. The fraction of sp³-hybridized carbons (Fsp3) is 0.200. The Balaban J connectivity index is 1.81. The molecule has 0 aliphatic heterocycles. The first-order valence-electron chi connectivity index (χ1n) is 6.03. The van der Waals surface area contributed by atoms with Gasteiger partial charge in [-0.2, -0.15) is 0 Å². The van der Waals surface area contributed by atoms with E-state index in [-0.39, 0.29) is 0 Å². The number of rotatable bonds is 5. The molecule has 2 aromatic carbocycles. The van der Waals surface area contributed by atoms with Crippen LogP contribution in [0.4, 0.5) is 5.69 Å². The van der Waals surface area contributed by atoms with Gasteiger partial charge in [0.2, 0.25) is 0 Å². The van der Waals surface area contributed by atoms with Crippen LogP contribution in [0, 0.1) is 6.92 Å². The highest BCUT2D eigenvalue weighted by Gasteiger charge is 2.02. The molecule has 19 heavy (non-hydrogen) atoms. The Morgan fingerprint density at radius 3 is 2.42 bits per heavy atom. The van der Waals surface area contributed by atoms with Crippen molar-refractivity contribution in [1.29, 1.82) is 0 Å². The smallest absolute Gasteiger partial charge is 0.124 e. The van der Waals surface area contributed by atoms with Crippen molar-refractivity contribution in [1.82, 2.24) is 0 Å². The lowest BCUT2D eigenvalue weighted by atomic mass is 10.2. The highest BCUT2D eigenvalue weighted by Crippen LogP contribution is 2.22. The van der Waals surface area contributed by atoms with E-state index in [0.717, 1.165) is 27.2 Å². The van der Waals surface area contributed by atoms with Crippen LogP contribution in [-0.2, 0) is 0 Å². The van der Waals surface area contributed by atoms with Gasteiger partial charge in [0.05, 0.1) is 0 Å². The zero-order chi connectivity index (χ0) is 13.7. The minimum atomic E-state index is 0.486. The van der Waals surface area contributed by atoms with Crippen LogP contribution in [0.5, 0.6) is 11.5 Å². The number of ether oxygens (including phenoxy) is 2. The van der Waals surface area contributed by atoms with E-state index in [2.05, 4.69) is 15.9 Å². The summed E-state index contributed by atoms with van der Waals surface area (Å²) in [6.07, 6.45) is 0. The molecule has 0 radical (unpaired) electrons. The maximum atomic E-state index is 5.81. The predicted octanol–water partition coefficient (Wildman–Crippen LogP) is 3.80. The molecule has 0 fully saturated rings. The van der Waals surface area contributed by atoms with Crippen molar-refractivity contribution in [3.05, 3.63) is 52.5 Å². The average molecular weight is 322 g/mol. The maximum Gasteiger partial charge on any atom is 0.124 e. The second-order valence-corrected chi connectivity index (χ2v) is 5.04. The topological polar surface area (TPSA) is 44.5 Å². The van der Waals surface area contributed by atoms with Crippen LogP contribution >= 0.6 is 15.9 Å². The molecular weight excluding hydrogens is 306 g/mol. The summed E-state index contributed by atoms with van der Waals surface area (Å²) in [4.78, 5) is 0. The van der Waals surface area contributed by atoms with Gasteiger partial charge >= 0.3 is 0 Å². The Morgan fingerprint density at radius 1 is 1.00 bits per heavy atom. The van der Waals surface area contributed by atoms with Crippen LogP contribution in [0.15, 0.2) is 46.9 Å². The Labute approximate surface area is 121 Å². The van der Waals surface area contributed by atoms with E-state index < -0.39 is 0 Å². The van der Waals surface area contributed by atoms with Crippen molar-refractivity contribution in [2.24, 2.45) is 0 Å². The summed E-state index contributed by atoms with van der Waals surface area (Å²) in [7, 11) is 0. The van der Waals surface area contributed by atoms with Crippen molar-refractivity contribution in [3.63, 3.8) is 0 Å². The summed E-state index contributed by atoms with van der Waals surface area (Å²) >= 11 is 3.38. The lowest BCUT2D eigenvalue weighted by molar-refractivity contribution is 0.216. The van der Waals surface area contributed by atoms with Crippen molar-refractivity contribution >= 4 is 21.6 Å². The van der Waals surface area contributed by atoms with Crippen LogP contribution in [-0.4, -0.2) is 13.2 Å². The molecule has 0 spiro atoms. The lowest BCUT2D eigenvalue weighted by Gasteiger charge is -2.11. The van der Waals surface area contributed by atoms with E-state index in [1.807, 2.05) is 49.4 Å². The third-order valence-electron chi connectivity index (χ3n) is 2.75. The SMILES string of the molecule is Cc1c(N)cccc1OCCOc1ccc(Br)cc1. The second-order valence-electron chi connectivity index (χ2n) is 4.12. The molecule has 100 valence electrons. The number of benzene rings is 2. The third-order valence-corrected chi connectivity index (χ3v) is 3.28. The molecule has 4 heteroatoms. The Kier molecular flexibility index (Phi) is 4.68. The number of halogens is 1. The number of hydrogen-bond donors (Lipinski definition) is 1. The molecule has 0 heterocycles. The van der Waals surface area contributed by atoms with Gasteiger partial charge in [0.15, 0.2) is 0 Å². The summed E-state index contributed by atoms with van der Waals surface area (Å²) in [5, 5.41) is 0. The van der Waals surface area contributed by atoms with Crippen LogP contribution in [0.25, 0.3) is 0 Å². The molecular formula is C15H16BrNO2. The number of hydrogen-bond acceptors (Lipinski definition) is 3. The number of nitrogen functional groups attached to an aromatic ring is 1. The molecule has 2 rings (SSSR count). The molecule has 0 amide bonds. The number of anilines is 1. The zero-order valence-corrected chi connectivity index (χ0v) is 12.3. The largest absolute Gasteiger partial charge is 0.490 e. The normalized spacial score (nSPS) is 10.2. The van der Waals surface area contributed by atoms with Crippen LogP contribution in [0.1, 0.15) is 5.56 Å². The first-order chi connectivity index (χ1) is 9.16. The van der Waals surface area contributed by atoms with Crippen molar-refractivity contribution in [2.75, 3.05) is 18.9 Å². The molecule has 0 aliphatic rings. The fourth-order valence-corrected chi connectivity index (χ4v) is 1.89. The standard InChI is InChI=1S/C15H16BrNO2/c1-11-14(17)3-2-4-15(11)19-10-9-18-13-7-5-12(16)6-8-13/h2-8H,9-10,17H2,1H3. The molecule has 2 aromatic rings.